The van der Waals surface area contributed by atoms with E-state index in [1.54, 1.807) is 12.2 Å². The molecule has 0 aromatic rings. The van der Waals surface area contributed by atoms with E-state index in [0.717, 1.165) is 57.5 Å². The van der Waals surface area contributed by atoms with Gasteiger partial charge in [-0.3, -0.25) is 0 Å². The molecule has 0 radical (unpaired) electrons. The second kappa shape index (κ2) is 9.20. The van der Waals surface area contributed by atoms with Gasteiger partial charge in [0.1, 0.15) is 0 Å². The molecule has 5 nitrogen and oxygen atoms in total. The van der Waals surface area contributed by atoms with E-state index in [9.17, 15) is 14.2 Å². The quantitative estimate of drug-likeness (QED) is 0.428. The van der Waals surface area contributed by atoms with E-state index in [1.807, 2.05) is 0 Å². The van der Waals surface area contributed by atoms with E-state index in [4.69, 9.17) is 0 Å². The minimum absolute atomic E-state index is 0.145. The van der Waals surface area contributed by atoms with Crippen LogP contribution in [0.5, 0.6) is 0 Å². The van der Waals surface area contributed by atoms with Crippen LogP contribution >= 0.6 is 8.46 Å². The highest BCUT2D eigenvalue weighted by atomic mass is 31.1. The smallest absolute Gasteiger partial charge is 0.235 e. The first-order chi connectivity index (χ1) is 10.8. The standard InChI is InChI=1S/C16H25N2O3P/c19-10-17-14-5-1-12(2-6-14)16(9-22-21)13-3-7-15(8-4-13)18-11-20/h12-16H,1-9,22H2. The lowest BCUT2D eigenvalue weighted by Crippen LogP contribution is -2.32. The van der Waals surface area contributed by atoms with Gasteiger partial charge in [0.25, 0.3) is 0 Å². The van der Waals surface area contributed by atoms with Crippen molar-refractivity contribution in [2.24, 2.45) is 27.7 Å². The Balaban J connectivity index is 1.91. The Kier molecular flexibility index (Phi) is 7.25. The molecule has 22 heavy (non-hydrogen) atoms. The number of rotatable bonds is 6. The summed E-state index contributed by atoms with van der Waals surface area (Å²) in [6.07, 6.45) is 12.3. The molecule has 2 rings (SSSR count). The lowest BCUT2D eigenvalue weighted by molar-refractivity contribution is 0.150. The molecule has 2 aliphatic rings. The Morgan fingerprint density at radius 1 is 0.818 bits per heavy atom. The third kappa shape index (κ3) is 4.74. The van der Waals surface area contributed by atoms with E-state index in [2.05, 4.69) is 9.98 Å². The van der Waals surface area contributed by atoms with Crippen molar-refractivity contribution in [2.75, 3.05) is 6.16 Å². The zero-order valence-corrected chi connectivity index (χ0v) is 14.1. The molecule has 2 saturated carbocycles. The van der Waals surface area contributed by atoms with Crippen LogP contribution in [0.4, 0.5) is 0 Å². The highest BCUT2D eigenvalue weighted by Crippen LogP contribution is 2.42. The van der Waals surface area contributed by atoms with Gasteiger partial charge in [-0.2, -0.15) is 0 Å². The molecule has 0 heterocycles. The Morgan fingerprint density at radius 3 is 1.55 bits per heavy atom. The van der Waals surface area contributed by atoms with Crippen LogP contribution in [0.1, 0.15) is 51.4 Å². The lowest BCUT2D eigenvalue weighted by atomic mass is 9.69. The molecule has 1 atom stereocenters. The van der Waals surface area contributed by atoms with Gasteiger partial charge in [-0.1, -0.05) is 0 Å². The van der Waals surface area contributed by atoms with E-state index in [0.29, 0.717) is 17.8 Å². The number of nitrogens with zero attached hydrogens (tertiary/aromatic N) is 2. The van der Waals surface area contributed by atoms with Crippen LogP contribution in [0.25, 0.3) is 0 Å². The van der Waals surface area contributed by atoms with Crippen molar-refractivity contribution in [2.45, 2.75) is 63.5 Å². The molecule has 0 saturated heterocycles. The van der Waals surface area contributed by atoms with Crippen LogP contribution in [-0.2, 0) is 14.2 Å². The first kappa shape index (κ1) is 17.3. The van der Waals surface area contributed by atoms with Gasteiger partial charge in [0, 0.05) is 0 Å². The van der Waals surface area contributed by atoms with Crippen molar-refractivity contribution >= 4 is 20.6 Å². The number of hydrogen-bond donors (Lipinski definition) is 0. The van der Waals surface area contributed by atoms with E-state index in [-0.39, 0.29) is 12.1 Å². The van der Waals surface area contributed by atoms with E-state index < -0.39 is 8.46 Å². The minimum Gasteiger partial charge on any atom is -0.330 e. The largest absolute Gasteiger partial charge is 0.330 e. The third-order valence-corrected chi connectivity index (χ3v) is 6.27. The van der Waals surface area contributed by atoms with Crippen LogP contribution in [0, 0.1) is 17.8 Å². The van der Waals surface area contributed by atoms with Crippen LogP contribution in [0.3, 0.4) is 0 Å². The Morgan fingerprint density at radius 2 is 1.23 bits per heavy atom. The average Bonchev–Trinajstić information content (AvgIpc) is 2.55. The summed E-state index contributed by atoms with van der Waals surface area (Å²) in [5.74, 6) is 1.74. The van der Waals surface area contributed by atoms with Crippen molar-refractivity contribution in [1.82, 2.24) is 0 Å². The molecule has 0 bridgehead atoms. The molecule has 2 aliphatic carbocycles. The molecule has 0 N–H and O–H groups in total. The van der Waals surface area contributed by atoms with Gasteiger partial charge in [0.05, 0.1) is 20.5 Å². The van der Waals surface area contributed by atoms with Crippen molar-refractivity contribution in [3.63, 3.8) is 0 Å². The summed E-state index contributed by atoms with van der Waals surface area (Å²) in [7, 11) is -0.718. The second-order valence-electron chi connectivity index (χ2n) is 6.64. The summed E-state index contributed by atoms with van der Waals surface area (Å²) in [6.45, 7) is 0. The molecule has 0 spiro atoms. The monoisotopic (exact) mass is 324 g/mol. The van der Waals surface area contributed by atoms with Gasteiger partial charge < -0.3 is 4.57 Å². The van der Waals surface area contributed by atoms with Crippen molar-refractivity contribution in [3.8, 4) is 0 Å². The van der Waals surface area contributed by atoms with E-state index in [1.165, 1.54) is 0 Å². The van der Waals surface area contributed by atoms with Crippen LogP contribution < -0.4 is 0 Å². The van der Waals surface area contributed by atoms with Gasteiger partial charge in [0.15, 0.2) is 0 Å². The molecular weight excluding hydrogens is 299 g/mol. The van der Waals surface area contributed by atoms with Gasteiger partial charge >= 0.3 is 0 Å². The summed E-state index contributed by atoms with van der Waals surface area (Å²) in [5.41, 5.74) is 0. The number of carbonyl (C=O) groups excluding carboxylic acids is 2. The summed E-state index contributed by atoms with van der Waals surface area (Å²) in [4.78, 5) is 28.4. The van der Waals surface area contributed by atoms with Crippen molar-refractivity contribution in [1.29, 1.82) is 0 Å². The fourth-order valence-corrected chi connectivity index (χ4v) is 5.34. The predicted molar refractivity (Wildman–Crippen MR) is 86.5 cm³/mol. The first-order valence-corrected chi connectivity index (χ1v) is 9.64. The number of isocyanates is 2. The molecule has 2 fully saturated rings. The highest BCUT2D eigenvalue weighted by Gasteiger charge is 2.34. The summed E-state index contributed by atoms with van der Waals surface area (Å²) < 4.78 is 11.3. The van der Waals surface area contributed by atoms with Crippen molar-refractivity contribution < 1.29 is 14.2 Å². The summed E-state index contributed by atoms with van der Waals surface area (Å²) in [6, 6.07) is 0.290. The predicted octanol–water partition coefficient (Wildman–Crippen LogP) is 3.15. The fraction of sp³-hybridized carbons (Fsp3) is 0.875. The molecule has 0 aliphatic heterocycles. The Hall–Kier alpha value is -1.01. The van der Waals surface area contributed by atoms with Crippen LogP contribution in [0.15, 0.2) is 9.98 Å². The van der Waals surface area contributed by atoms with Gasteiger partial charge in [-0.15, -0.1) is 0 Å². The number of aliphatic imine (C=N–C) groups is 2. The minimum atomic E-state index is -0.718. The molecule has 0 aromatic carbocycles. The maximum Gasteiger partial charge on any atom is 0.235 e. The maximum absolute atomic E-state index is 11.3. The molecule has 6 heteroatoms. The van der Waals surface area contributed by atoms with Crippen LogP contribution in [-0.4, -0.2) is 30.4 Å². The molecule has 0 amide bonds. The highest BCUT2D eigenvalue weighted by molar-refractivity contribution is 7.23. The van der Waals surface area contributed by atoms with Crippen molar-refractivity contribution in [3.05, 3.63) is 0 Å². The Bertz CT molecular complexity index is 418. The number of hydrogen-bond acceptors (Lipinski definition) is 5. The zero-order valence-electron chi connectivity index (χ0n) is 12.9. The van der Waals surface area contributed by atoms with E-state index >= 15 is 0 Å². The topological polar surface area (TPSA) is 75.9 Å². The zero-order chi connectivity index (χ0) is 15.8. The SMILES string of the molecule is O=C=NC1CCC(C(C[PH2]=O)C2CCC(N=C=O)CC2)CC1. The lowest BCUT2D eigenvalue weighted by Gasteiger charge is -2.39. The van der Waals surface area contributed by atoms with Gasteiger partial charge in [-0.25, -0.2) is 19.6 Å². The molecular formula is C16H25N2O3P. The Labute approximate surface area is 132 Å². The van der Waals surface area contributed by atoms with Crippen LogP contribution in [0.2, 0.25) is 0 Å². The van der Waals surface area contributed by atoms with Gasteiger partial charge in [-0.05, 0) is 75.3 Å². The average molecular weight is 324 g/mol. The summed E-state index contributed by atoms with van der Waals surface area (Å²) >= 11 is 0. The molecule has 0 aromatic heterocycles. The first-order valence-electron chi connectivity index (χ1n) is 8.36. The maximum atomic E-state index is 11.3. The molecule has 122 valence electrons. The summed E-state index contributed by atoms with van der Waals surface area (Å²) in [5, 5.41) is 0. The normalized spacial score (nSPS) is 33.8. The van der Waals surface area contributed by atoms with Gasteiger partial charge in [0.2, 0.25) is 12.2 Å². The fourth-order valence-electron chi connectivity index (χ4n) is 4.35. The molecule has 1 unspecified atom stereocenters. The third-order valence-electron chi connectivity index (χ3n) is 5.53. The second-order valence-corrected chi connectivity index (χ2v) is 7.45.